The zero-order valence-corrected chi connectivity index (χ0v) is 16.6. The summed E-state index contributed by atoms with van der Waals surface area (Å²) in [5.74, 6) is 1.67. The summed E-state index contributed by atoms with van der Waals surface area (Å²) in [6.45, 7) is 4.08. The number of benzene rings is 2. The summed E-state index contributed by atoms with van der Waals surface area (Å²) in [6, 6.07) is 17.1. The number of amides is 1. The third-order valence-electron chi connectivity index (χ3n) is 3.26. The molecular formula is C19H20N4O2S2. The predicted octanol–water partition coefficient (Wildman–Crippen LogP) is 4.88. The average Bonchev–Trinajstić information content (AvgIpc) is 3.09. The van der Waals surface area contributed by atoms with Gasteiger partial charge in [-0.1, -0.05) is 41.3 Å². The lowest BCUT2D eigenvalue weighted by Gasteiger charge is -2.07. The van der Waals surface area contributed by atoms with Crippen molar-refractivity contribution in [2.45, 2.75) is 24.2 Å². The summed E-state index contributed by atoms with van der Waals surface area (Å²) in [7, 11) is 0. The predicted molar refractivity (Wildman–Crippen MR) is 111 cm³/mol. The number of para-hydroxylation sites is 1. The van der Waals surface area contributed by atoms with Crippen molar-refractivity contribution >= 4 is 39.8 Å². The lowest BCUT2D eigenvalue weighted by atomic mass is 10.3. The molecule has 0 radical (unpaired) electrons. The first kappa shape index (κ1) is 19.2. The van der Waals surface area contributed by atoms with E-state index in [0.717, 1.165) is 20.9 Å². The standard InChI is InChI=1S/C19H20N4O2S2/c1-13(2)20-18-22-23-19(27-18)26-12-17(24)21-14-8-10-16(11-9-14)25-15-6-4-3-5-7-15/h3-11,13H,12H2,1-2H3,(H,20,22)(H,21,24). The Kier molecular flexibility index (Phi) is 6.67. The molecule has 6 nitrogen and oxygen atoms in total. The first-order valence-electron chi connectivity index (χ1n) is 8.44. The Morgan fingerprint density at radius 3 is 2.48 bits per heavy atom. The van der Waals surface area contributed by atoms with E-state index >= 15 is 0 Å². The Morgan fingerprint density at radius 2 is 1.78 bits per heavy atom. The second-order valence-electron chi connectivity index (χ2n) is 5.95. The molecule has 27 heavy (non-hydrogen) atoms. The van der Waals surface area contributed by atoms with Crippen LogP contribution >= 0.6 is 23.1 Å². The lowest BCUT2D eigenvalue weighted by molar-refractivity contribution is -0.113. The van der Waals surface area contributed by atoms with Crippen LogP contribution in [0.15, 0.2) is 58.9 Å². The molecule has 0 aliphatic heterocycles. The van der Waals surface area contributed by atoms with Crippen LogP contribution in [0.1, 0.15) is 13.8 Å². The van der Waals surface area contributed by atoms with Crippen LogP contribution in [0.3, 0.4) is 0 Å². The lowest BCUT2D eigenvalue weighted by Crippen LogP contribution is -2.13. The van der Waals surface area contributed by atoms with E-state index < -0.39 is 0 Å². The summed E-state index contributed by atoms with van der Waals surface area (Å²) in [4.78, 5) is 12.1. The molecule has 140 valence electrons. The Bertz CT molecular complexity index is 867. The topological polar surface area (TPSA) is 76.1 Å². The monoisotopic (exact) mass is 400 g/mol. The second kappa shape index (κ2) is 9.38. The van der Waals surface area contributed by atoms with Crippen LogP contribution in [0.2, 0.25) is 0 Å². The molecule has 0 fully saturated rings. The highest BCUT2D eigenvalue weighted by Gasteiger charge is 2.09. The highest BCUT2D eigenvalue weighted by Crippen LogP contribution is 2.26. The molecule has 2 N–H and O–H groups in total. The summed E-state index contributed by atoms with van der Waals surface area (Å²) >= 11 is 2.81. The van der Waals surface area contributed by atoms with Gasteiger partial charge in [-0.25, -0.2) is 0 Å². The fourth-order valence-corrected chi connectivity index (χ4v) is 3.83. The Labute approximate surface area is 166 Å². The van der Waals surface area contributed by atoms with Crippen molar-refractivity contribution in [3.8, 4) is 11.5 Å². The van der Waals surface area contributed by atoms with Crippen LogP contribution in [0.25, 0.3) is 0 Å². The molecule has 0 saturated carbocycles. The largest absolute Gasteiger partial charge is 0.457 e. The number of aromatic nitrogens is 2. The van der Waals surface area contributed by atoms with Crippen LogP contribution < -0.4 is 15.4 Å². The van der Waals surface area contributed by atoms with Crippen LogP contribution in [0.5, 0.6) is 11.5 Å². The molecule has 0 aliphatic rings. The number of thioether (sulfide) groups is 1. The summed E-state index contributed by atoms with van der Waals surface area (Å²) in [5, 5.41) is 15.0. The minimum atomic E-state index is -0.0923. The quantitative estimate of drug-likeness (QED) is 0.525. The molecule has 0 saturated heterocycles. The molecule has 0 atom stereocenters. The molecule has 8 heteroatoms. The zero-order valence-electron chi connectivity index (χ0n) is 15.0. The number of carbonyl (C=O) groups is 1. The van der Waals surface area contributed by atoms with E-state index in [4.69, 9.17) is 4.74 Å². The summed E-state index contributed by atoms with van der Waals surface area (Å²) in [5.41, 5.74) is 0.723. The third-order valence-corrected chi connectivity index (χ3v) is 5.25. The number of hydrogen-bond acceptors (Lipinski definition) is 7. The van der Waals surface area contributed by atoms with Crippen molar-refractivity contribution < 1.29 is 9.53 Å². The second-order valence-corrected chi connectivity index (χ2v) is 8.15. The first-order chi connectivity index (χ1) is 13.1. The number of hydrogen-bond donors (Lipinski definition) is 2. The van der Waals surface area contributed by atoms with Crippen LogP contribution in [0, 0.1) is 0 Å². The number of anilines is 2. The van der Waals surface area contributed by atoms with Gasteiger partial charge in [0.2, 0.25) is 11.0 Å². The van der Waals surface area contributed by atoms with Crippen molar-refractivity contribution in [2.75, 3.05) is 16.4 Å². The Morgan fingerprint density at radius 1 is 1.07 bits per heavy atom. The number of nitrogens with zero attached hydrogens (tertiary/aromatic N) is 2. The van der Waals surface area contributed by atoms with Crippen molar-refractivity contribution in [1.29, 1.82) is 0 Å². The highest BCUT2D eigenvalue weighted by atomic mass is 32.2. The zero-order chi connectivity index (χ0) is 19.1. The minimum absolute atomic E-state index is 0.0923. The van der Waals surface area contributed by atoms with Crippen molar-refractivity contribution in [2.24, 2.45) is 0 Å². The van der Waals surface area contributed by atoms with Crippen LogP contribution in [0.4, 0.5) is 10.8 Å². The average molecular weight is 401 g/mol. The van der Waals surface area contributed by atoms with E-state index in [1.807, 2.05) is 68.4 Å². The molecule has 2 aromatic carbocycles. The van der Waals surface area contributed by atoms with E-state index in [1.54, 1.807) is 0 Å². The first-order valence-corrected chi connectivity index (χ1v) is 10.2. The number of nitrogens with one attached hydrogen (secondary N) is 2. The van der Waals surface area contributed by atoms with Gasteiger partial charge >= 0.3 is 0 Å². The third kappa shape index (κ3) is 6.26. The van der Waals surface area contributed by atoms with Gasteiger partial charge in [0, 0.05) is 11.7 Å². The number of rotatable bonds is 8. The Balaban J connectivity index is 1.47. The molecule has 0 aliphatic carbocycles. The van der Waals surface area contributed by atoms with E-state index in [9.17, 15) is 4.79 Å². The molecule has 1 aromatic heterocycles. The van der Waals surface area contributed by atoms with Gasteiger partial charge in [-0.3, -0.25) is 4.79 Å². The van der Waals surface area contributed by atoms with E-state index in [1.165, 1.54) is 23.1 Å². The van der Waals surface area contributed by atoms with Crippen LogP contribution in [-0.4, -0.2) is 27.9 Å². The molecule has 0 bridgehead atoms. The van der Waals surface area contributed by atoms with Gasteiger partial charge in [-0.15, -0.1) is 10.2 Å². The molecule has 1 heterocycles. The van der Waals surface area contributed by atoms with Crippen molar-refractivity contribution in [1.82, 2.24) is 10.2 Å². The van der Waals surface area contributed by atoms with E-state index in [2.05, 4.69) is 20.8 Å². The molecule has 1 amide bonds. The molecule has 3 aromatic rings. The number of carbonyl (C=O) groups excluding carboxylic acids is 1. The van der Waals surface area contributed by atoms with Gasteiger partial charge in [0.05, 0.1) is 5.75 Å². The van der Waals surface area contributed by atoms with E-state index in [0.29, 0.717) is 11.8 Å². The number of ether oxygens (including phenoxy) is 1. The van der Waals surface area contributed by atoms with Gasteiger partial charge in [0.15, 0.2) is 4.34 Å². The van der Waals surface area contributed by atoms with Gasteiger partial charge < -0.3 is 15.4 Å². The van der Waals surface area contributed by atoms with Gasteiger partial charge in [-0.05, 0) is 50.2 Å². The van der Waals surface area contributed by atoms with Crippen molar-refractivity contribution in [3.63, 3.8) is 0 Å². The normalized spacial score (nSPS) is 10.6. The fraction of sp³-hybridized carbons (Fsp3) is 0.211. The summed E-state index contributed by atoms with van der Waals surface area (Å²) < 4.78 is 6.50. The Hall–Kier alpha value is -2.58. The maximum Gasteiger partial charge on any atom is 0.234 e. The SMILES string of the molecule is CC(C)Nc1nnc(SCC(=O)Nc2ccc(Oc3ccccc3)cc2)s1. The highest BCUT2D eigenvalue weighted by molar-refractivity contribution is 8.01. The van der Waals surface area contributed by atoms with Crippen molar-refractivity contribution in [3.05, 3.63) is 54.6 Å². The van der Waals surface area contributed by atoms with Gasteiger partial charge in [0.25, 0.3) is 0 Å². The van der Waals surface area contributed by atoms with Gasteiger partial charge in [-0.2, -0.15) is 0 Å². The molecule has 3 rings (SSSR count). The summed E-state index contributed by atoms with van der Waals surface area (Å²) in [6.07, 6.45) is 0. The maximum absolute atomic E-state index is 12.1. The van der Waals surface area contributed by atoms with E-state index in [-0.39, 0.29) is 11.7 Å². The molecular weight excluding hydrogens is 380 g/mol. The smallest absolute Gasteiger partial charge is 0.234 e. The maximum atomic E-state index is 12.1. The minimum Gasteiger partial charge on any atom is -0.457 e. The molecule has 0 spiro atoms. The molecule has 0 unspecified atom stereocenters. The van der Waals surface area contributed by atoms with Crippen LogP contribution in [-0.2, 0) is 4.79 Å². The fourth-order valence-electron chi connectivity index (χ4n) is 2.13. The van der Waals surface area contributed by atoms with Gasteiger partial charge in [0.1, 0.15) is 11.5 Å².